The van der Waals surface area contributed by atoms with Gasteiger partial charge in [-0.2, -0.15) is 5.26 Å². The van der Waals surface area contributed by atoms with Gasteiger partial charge in [0, 0.05) is 17.8 Å². The lowest BCUT2D eigenvalue weighted by molar-refractivity contribution is 0.102. The second-order valence-corrected chi connectivity index (χ2v) is 5.59. The summed E-state index contributed by atoms with van der Waals surface area (Å²) in [7, 11) is 3.06. The Hall–Kier alpha value is -4.12. The monoisotopic (exact) mass is 375 g/mol. The number of rotatable bonds is 6. The molecule has 1 heterocycles. The van der Waals surface area contributed by atoms with Crippen molar-refractivity contribution in [2.24, 2.45) is 0 Å². The van der Waals surface area contributed by atoms with Gasteiger partial charge in [0.2, 0.25) is 0 Å². The number of hydrogen-bond acceptors (Lipinski definition) is 7. The molecule has 0 aliphatic heterocycles. The minimum absolute atomic E-state index is 0.168. The highest BCUT2D eigenvalue weighted by molar-refractivity contribution is 6.03. The quantitative estimate of drug-likeness (QED) is 0.680. The minimum Gasteiger partial charge on any atom is -0.493 e. The average Bonchev–Trinajstić information content (AvgIpc) is 2.74. The third kappa shape index (κ3) is 4.16. The maximum atomic E-state index is 12.5. The molecule has 8 nitrogen and oxygen atoms in total. The Labute approximate surface area is 161 Å². The number of para-hydroxylation sites is 1. The normalized spacial score (nSPS) is 9.89. The molecule has 0 saturated carbocycles. The number of benzene rings is 2. The molecule has 0 saturated heterocycles. The zero-order valence-corrected chi connectivity index (χ0v) is 15.3. The maximum Gasteiger partial charge on any atom is 0.274 e. The molecule has 0 spiro atoms. The second-order valence-electron chi connectivity index (χ2n) is 5.59. The fourth-order valence-corrected chi connectivity index (χ4v) is 2.49. The van der Waals surface area contributed by atoms with E-state index in [-0.39, 0.29) is 5.69 Å². The molecule has 3 aromatic rings. The van der Waals surface area contributed by atoms with Crippen LogP contribution in [0, 0.1) is 11.3 Å². The fourth-order valence-electron chi connectivity index (χ4n) is 2.49. The minimum atomic E-state index is -0.411. The average molecular weight is 375 g/mol. The van der Waals surface area contributed by atoms with Crippen LogP contribution in [0.25, 0.3) is 0 Å². The third-order valence-corrected chi connectivity index (χ3v) is 3.85. The molecule has 0 radical (unpaired) electrons. The number of anilines is 3. The summed E-state index contributed by atoms with van der Waals surface area (Å²) in [6.45, 7) is 0. The van der Waals surface area contributed by atoms with Crippen LogP contribution in [0.5, 0.6) is 11.5 Å². The number of nitrogens with one attached hydrogen (secondary N) is 2. The molecule has 2 N–H and O–H groups in total. The lowest BCUT2D eigenvalue weighted by atomic mass is 10.2. The van der Waals surface area contributed by atoms with Gasteiger partial charge in [-0.25, -0.2) is 9.97 Å². The standard InChI is InChI=1S/C20H17N5O3/c1-27-17-8-7-14(9-18(17)28-2)24-20(26)16-10-19(23-12-22-16)25-15-6-4-3-5-13(15)11-21/h3-10,12H,1-2H3,(H,24,26)(H,22,23,25). The number of amides is 1. The summed E-state index contributed by atoms with van der Waals surface area (Å²) >= 11 is 0. The SMILES string of the molecule is COc1ccc(NC(=O)c2cc(Nc3ccccc3C#N)ncn2)cc1OC. The van der Waals surface area contributed by atoms with Crippen molar-refractivity contribution in [3.63, 3.8) is 0 Å². The van der Waals surface area contributed by atoms with E-state index in [4.69, 9.17) is 9.47 Å². The van der Waals surface area contributed by atoms with Crippen LogP contribution < -0.4 is 20.1 Å². The largest absolute Gasteiger partial charge is 0.493 e. The van der Waals surface area contributed by atoms with Crippen molar-refractivity contribution in [1.29, 1.82) is 5.26 Å². The number of nitrogens with zero attached hydrogens (tertiary/aromatic N) is 3. The summed E-state index contributed by atoms with van der Waals surface area (Å²) in [6.07, 6.45) is 1.28. The number of carbonyl (C=O) groups is 1. The van der Waals surface area contributed by atoms with Gasteiger partial charge in [-0.1, -0.05) is 12.1 Å². The highest BCUT2D eigenvalue weighted by Gasteiger charge is 2.12. The van der Waals surface area contributed by atoms with Crippen molar-refractivity contribution < 1.29 is 14.3 Å². The maximum absolute atomic E-state index is 12.5. The number of aromatic nitrogens is 2. The first-order valence-corrected chi connectivity index (χ1v) is 8.26. The van der Waals surface area contributed by atoms with E-state index in [9.17, 15) is 10.1 Å². The molecule has 0 bridgehead atoms. The van der Waals surface area contributed by atoms with Gasteiger partial charge in [-0.05, 0) is 24.3 Å². The van der Waals surface area contributed by atoms with Gasteiger partial charge in [0.15, 0.2) is 11.5 Å². The van der Waals surface area contributed by atoms with Crippen molar-refractivity contribution in [2.45, 2.75) is 0 Å². The van der Waals surface area contributed by atoms with Crippen LogP contribution >= 0.6 is 0 Å². The number of nitriles is 1. The van der Waals surface area contributed by atoms with Crippen molar-refractivity contribution in [1.82, 2.24) is 9.97 Å². The molecular weight excluding hydrogens is 358 g/mol. The highest BCUT2D eigenvalue weighted by Crippen LogP contribution is 2.30. The highest BCUT2D eigenvalue weighted by atomic mass is 16.5. The van der Waals surface area contributed by atoms with Crippen molar-refractivity contribution in [3.8, 4) is 17.6 Å². The van der Waals surface area contributed by atoms with Gasteiger partial charge in [0.25, 0.3) is 5.91 Å². The molecule has 28 heavy (non-hydrogen) atoms. The Morgan fingerprint density at radius 1 is 1.04 bits per heavy atom. The molecule has 1 aromatic heterocycles. The van der Waals surface area contributed by atoms with Crippen LogP contribution in [0.1, 0.15) is 16.1 Å². The van der Waals surface area contributed by atoms with Gasteiger partial charge in [0.05, 0.1) is 25.5 Å². The number of hydrogen-bond donors (Lipinski definition) is 2. The molecule has 0 unspecified atom stereocenters. The predicted octanol–water partition coefficient (Wildman–Crippen LogP) is 3.36. The first kappa shape index (κ1) is 18.7. The fraction of sp³-hybridized carbons (Fsp3) is 0.100. The second kappa shape index (κ2) is 8.51. The van der Waals surface area contributed by atoms with Crippen molar-refractivity contribution in [2.75, 3.05) is 24.9 Å². The van der Waals surface area contributed by atoms with E-state index < -0.39 is 5.91 Å². The molecule has 0 aliphatic carbocycles. The van der Waals surface area contributed by atoms with E-state index in [1.807, 2.05) is 0 Å². The van der Waals surface area contributed by atoms with Crippen LogP contribution in [0.2, 0.25) is 0 Å². The summed E-state index contributed by atoms with van der Waals surface area (Å²) in [5.74, 6) is 1.05. The Bertz CT molecular complexity index is 1050. The smallest absolute Gasteiger partial charge is 0.274 e. The number of ether oxygens (including phenoxy) is 2. The summed E-state index contributed by atoms with van der Waals surface area (Å²) in [6, 6.07) is 15.7. The Morgan fingerprint density at radius 2 is 1.82 bits per heavy atom. The van der Waals surface area contributed by atoms with E-state index in [0.717, 1.165) is 0 Å². The Kier molecular flexibility index (Phi) is 5.67. The zero-order chi connectivity index (χ0) is 19.9. The van der Waals surface area contributed by atoms with E-state index in [1.165, 1.54) is 26.6 Å². The van der Waals surface area contributed by atoms with Crippen LogP contribution in [-0.2, 0) is 0 Å². The topological polar surface area (TPSA) is 109 Å². The molecule has 2 aromatic carbocycles. The molecule has 0 fully saturated rings. The molecule has 8 heteroatoms. The third-order valence-electron chi connectivity index (χ3n) is 3.85. The lowest BCUT2D eigenvalue weighted by Crippen LogP contribution is -2.14. The van der Waals surface area contributed by atoms with Gasteiger partial charge in [0.1, 0.15) is 23.9 Å². The van der Waals surface area contributed by atoms with E-state index in [0.29, 0.717) is 34.3 Å². The van der Waals surface area contributed by atoms with Crippen LogP contribution in [-0.4, -0.2) is 30.1 Å². The molecular formula is C20H17N5O3. The van der Waals surface area contributed by atoms with Crippen molar-refractivity contribution >= 4 is 23.1 Å². The molecule has 0 aliphatic rings. The zero-order valence-electron chi connectivity index (χ0n) is 15.3. The Balaban J connectivity index is 1.78. The summed E-state index contributed by atoms with van der Waals surface area (Å²) in [5, 5.41) is 15.0. The van der Waals surface area contributed by atoms with Gasteiger partial charge in [-0.3, -0.25) is 4.79 Å². The summed E-state index contributed by atoms with van der Waals surface area (Å²) in [5.41, 5.74) is 1.76. The van der Waals surface area contributed by atoms with E-state index in [2.05, 4.69) is 26.7 Å². The summed E-state index contributed by atoms with van der Waals surface area (Å²) < 4.78 is 10.4. The van der Waals surface area contributed by atoms with E-state index in [1.54, 1.807) is 42.5 Å². The lowest BCUT2D eigenvalue weighted by Gasteiger charge is -2.11. The van der Waals surface area contributed by atoms with Gasteiger partial charge >= 0.3 is 0 Å². The summed E-state index contributed by atoms with van der Waals surface area (Å²) in [4.78, 5) is 20.7. The predicted molar refractivity (Wildman–Crippen MR) is 104 cm³/mol. The van der Waals surface area contributed by atoms with Crippen LogP contribution in [0.3, 0.4) is 0 Å². The number of methoxy groups -OCH3 is 2. The first-order valence-electron chi connectivity index (χ1n) is 8.26. The van der Waals surface area contributed by atoms with Gasteiger partial charge < -0.3 is 20.1 Å². The molecule has 0 atom stereocenters. The number of carbonyl (C=O) groups excluding carboxylic acids is 1. The van der Waals surface area contributed by atoms with Crippen molar-refractivity contribution in [3.05, 3.63) is 66.1 Å². The molecule has 3 rings (SSSR count). The molecule has 140 valence electrons. The Morgan fingerprint density at radius 3 is 2.57 bits per heavy atom. The van der Waals surface area contributed by atoms with Crippen LogP contribution in [0.4, 0.5) is 17.2 Å². The molecule has 1 amide bonds. The van der Waals surface area contributed by atoms with Crippen LogP contribution in [0.15, 0.2) is 54.9 Å². The van der Waals surface area contributed by atoms with Gasteiger partial charge in [-0.15, -0.1) is 0 Å². The first-order chi connectivity index (χ1) is 13.6. The van der Waals surface area contributed by atoms with E-state index >= 15 is 0 Å².